The molecule has 2 rings (SSSR count). The molecule has 0 spiro atoms. The van der Waals surface area contributed by atoms with Crippen molar-refractivity contribution in [3.8, 4) is 5.88 Å². The maximum absolute atomic E-state index is 5.86. The van der Waals surface area contributed by atoms with Crippen LogP contribution >= 0.6 is 0 Å². The monoisotopic (exact) mass is 249 g/mol. The molecule has 2 aromatic rings. The third-order valence-corrected chi connectivity index (χ3v) is 2.95. The summed E-state index contributed by atoms with van der Waals surface area (Å²) in [6.45, 7) is 6.19. The van der Waals surface area contributed by atoms with E-state index in [1.165, 1.54) is 0 Å². The molecule has 2 aromatic heterocycles. The predicted molar refractivity (Wildman–Crippen MR) is 70.1 cm³/mol. The summed E-state index contributed by atoms with van der Waals surface area (Å²) in [5.41, 5.74) is 1.75. The Morgan fingerprint density at radius 2 is 2.06 bits per heavy atom. The molecule has 0 radical (unpaired) electrons. The number of aromatic nitrogens is 4. The van der Waals surface area contributed by atoms with Gasteiger partial charge in [0.15, 0.2) is 5.65 Å². The number of rotatable bonds is 5. The SMILES string of the molecule is CCC(CC)Oc1cc(C)c2nnc(NC)n2n1. The fraction of sp³-hybridized carbons (Fsp3) is 0.583. The molecule has 0 aliphatic rings. The summed E-state index contributed by atoms with van der Waals surface area (Å²) in [6.07, 6.45) is 2.14. The number of aryl methyl sites for hydroxylation is 1. The van der Waals surface area contributed by atoms with Gasteiger partial charge in [0.05, 0.1) is 6.10 Å². The normalized spacial score (nSPS) is 11.2. The first-order valence-electron chi connectivity index (χ1n) is 6.27. The van der Waals surface area contributed by atoms with Crippen molar-refractivity contribution in [3.63, 3.8) is 0 Å². The Kier molecular flexibility index (Phi) is 3.64. The van der Waals surface area contributed by atoms with Gasteiger partial charge in [-0.2, -0.15) is 4.52 Å². The quantitative estimate of drug-likeness (QED) is 0.878. The molecule has 0 aliphatic carbocycles. The van der Waals surface area contributed by atoms with E-state index in [-0.39, 0.29) is 6.10 Å². The van der Waals surface area contributed by atoms with Gasteiger partial charge >= 0.3 is 0 Å². The summed E-state index contributed by atoms with van der Waals surface area (Å²) in [6, 6.07) is 1.90. The highest BCUT2D eigenvalue weighted by atomic mass is 16.5. The van der Waals surface area contributed by atoms with Crippen LogP contribution in [0, 0.1) is 6.92 Å². The summed E-state index contributed by atoms with van der Waals surface area (Å²) in [5.74, 6) is 1.23. The lowest BCUT2D eigenvalue weighted by molar-refractivity contribution is 0.182. The number of nitrogens with one attached hydrogen (secondary N) is 1. The van der Waals surface area contributed by atoms with Crippen molar-refractivity contribution < 1.29 is 4.74 Å². The molecule has 1 N–H and O–H groups in total. The van der Waals surface area contributed by atoms with E-state index >= 15 is 0 Å². The third kappa shape index (κ3) is 2.23. The number of ether oxygens (including phenoxy) is 1. The zero-order chi connectivity index (χ0) is 13.1. The second kappa shape index (κ2) is 5.20. The van der Waals surface area contributed by atoms with Gasteiger partial charge in [-0.1, -0.05) is 13.8 Å². The van der Waals surface area contributed by atoms with Crippen molar-refractivity contribution >= 4 is 11.6 Å². The van der Waals surface area contributed by atoms with Gasteiger partial charge in [0.1, 0.15) is 0 Å². The summed E-state index contributed by atoms with van der Waals surface area (Å²) < 4.78 is 7.53. The molecule has 0 saturated carbocycles. The van der Waals surface area contributed by atoms with Crippen LogP contribution in [0.25, 0.3) is 5.65 Å². The molecule has 6 heteroatoms. The molecule has 0 aliphatic heterocycles. The van der Waals surface area contributed by atoms with Crippen molar-refractivity contribution in [3.05, 3.63) is 11.6 Å². The maximum atomic E-state index is 5.86. The maximum Gasteiger partial charge on any atom is 0.245 e. The van der Waals surface area contributed by atoms with E-state index in [9.17, 15) is 0 Å². The Hall–Kier alpha value is -1.85. The van der Waals surface area contributed by atoms with Crippen LogP contribution in [0.15, 0.2) is 6.07 Å². The molecule has 0 atom stereocenters. The molecule has 2 heterocycles. The molecule has 0 amide bonds. The molecule has 18 heavy (non-hydrogen) atoms. The van der Waals surface area contributed by atoms with Gasteiger partial charge in [0, 0.05) is 18.7 Å². The summed E-state index contributed by atoms with van der Waals surface area (Å²) in [7, 11) is 1.79. The van der Waals surface area contributed by atoms with Crippen molar-refractivity contribution in [2.45, 2.75) is 39.7 Å². The minimum Gasteiger partial charge on any atom is -0.473 e. The lowest BCUT2D eigenvalue weighted by Crippen LogP contribution is -2.15. The van der Waals surface area contributed by atoms with E-state index in [1.54, 1.807) is 11.6 Å². The Morgan fingerprint density at radius 1 is 1.33 bits per heavy atom. The van der Waals surface area contributed by atoms with Crippen molar-refractivity contribution in [2.75, 3.05) is 12.4 Å². The van der Waals surface area contributed by atoms with Gasteiger partial charge < -0.3 is 10.1 Å². The van der Waals surface area contributed by atoms with Crippen LogP contribution in [-0.4, -0.2) is 33.0 Å². The second-order valence-corrected chi connectivity index (χ2v) is 4.23. The zero-order valence-corrected chi connectivity index (χ0v) is 11.3. The van der Waals surface area contributed by atoms with Gasteiger partial charge in [-0.15, -0.1) is 15.3 Å². The first kappa shape index (κ1) is 12.6. The molecule has 0 fully saturated rings. The number of fused-ring (bicyclic) bond motifs is 1. The molecule has 0 unspecified atom stereocenters. The van der Waals surface area contributed by atoms with Crippen LogP contribution in [0.5, 0.6) is 5.88 Å². The largest absolute Gasteiger partial charge is 0.473 e. The van der Waals surface area contributed by atoms with Crippen LogP contribution < -0.4 is 10.1 Å². The van der Waals surface area contributed by atoms with Gasteiger partial charge in [-0.05, 0) is 19.8 Å². The fourth-order valence-electron chi connectivity index (χ4n) is 1.84. The van der Waals surface area contributed by atoms with Gasteiger partial charge in [0.25, 0.3) is 0 Å². The number of nitrogens with zero attached hydrogens (tertiary/aromatic N) is 4. The lowest BCUT2D eigenvalue weighted by atomic mass is 10.2. The number of hydrogen-bond acceptors (Lipinski definition) is 5. The summed E-state index contributed by atoms with van der Waals surface area (Å²) in [4.78, 5) is 0. The van der Waals surface area contributed by atoms with Crippen molar-refractivity contribution in [1.29, 1.82) is 0 Å². The van der Waals surface area contributed by atoms with E-state index in [1.807, 2.05) is 13.0 Å². The molecule has 0 saturated heterocycles. The molecule has 0 aromatic carbocycles. The summed E-state index contributed by atoms with van der Waals surface area (Å²) >= 11 is 0. The van der Waals surface area contributed by atoms with E-state index in [0.717, 1.165) is 24.1 Å². The molecule has 6 nitrogen and oxygen atoms in total. The average molecular weight is 249 g/mol. The highest BCUT2D eigenvalue weighted by Crippen LogP contribution is 2.18. The van der Waals surface area contributed by atoms with E-state index < -0.39 is 0 Å². The minimum absolute atomic E-state index is 0.198. The Balaban J connectivity index is 2.40. The van der Waals surface area contributed by atoms with Crippen LogP contribution in [0.3, 0.4) is 0 Å². The molecular weight excluding hydrogens is 230 g/mol. The Bertz CT molecular complexity index is 532. The lowest BCUT2D eigenvalue weighted by Gasteiger charge is -2.15. The predicted octanol–water partition coefficient (Wildman–Crippen LogP) is 2.04. The Labute approximate surface area is 106 Å². The zero-order valence-electron chi connectivity index (χ0n) is 11.3. The smallest absolute Gasteiger partial charge is 0.245 e. The number of anilines is 1. The average Bonchev–Trinajstić information content (AvgIpc) is 2.79. The van der Waals surface area contributed by atoms with Crippen LogP contribution in [-0.2, 0) is 0 Å². The van der Waals surface area contributed by atoms with Crippen molar-refractivity contribution in [2.24, 2.45) is 0 Å². The highest BCUT2D eigenvalue weighted by Gasteiger charge is 2.12. The van der Waals surface area contributed by atoms with Crippen LogP contribution in [0.1, 0.15) is 32.3 Å². The van der Waals surface area contributed by atoms with Gasteiger partial charge in [-0.3, -0.25) is 0 Å². The van der Waals surface area contributed by atoms with Gasteiger partial charge in [-0.25, -0.2) is 0 Å². The standard InChI is InChI=1S/C12H19N5O/c1-5-9(6-2)18-10-7-8(3)11-14-15-12(13-4)17(11)16-10/h7,9H,5-6H2,1-4H3,(H,13,15). The summed E-state index contributed by atoms with van der Waals surface area (Å²) in [5, 5.41) is 15.5. The Morgan fingerprint density at radius 3 is 2.67 bits per heavy atom. The van der Waals surface area contributed by atoms with E-state index in [0.29, 0.717) is 11.8 Å². The second-order valence-electron chi connectivity index (χ2n) is 4.23. The highest BCUT2D eigenvalue weighted by molar-refractivity contribution is 5.50. The molecule has 98 valence electrons. The molecule has 0 bridgehead atoms. The number of hydrogen-bond donors (Lipinski definition) is 1. The molecular formula is C12H19N5O. The topological polar surface area (TPSA) is 64.3 Å². The first-order valence-corrected chi connectivity index (χ1v) is 6.27. The first-order chi connectivity index (χ1) is 8.69. The fourth-order valence-corrected chi connectivity index (χ4v) is 1.84. The minimum atomic E-state index is 0.198. The third-order valence-electron chi connectivity index (χ3n) is 2.95. The van der Waals surface area contributed by atoms with E-state index in [4.69, 9.17) is 4.74 Å². The van der Waals surface area contributed by atoms with Crippen LogP contribution in [0.2, 0.25) is 0 Å². The van der Waals surface area contributed by atoms with Gasteiger partial charge in [0.2, 0.25) is 11.8 Å². The van der Waals surface area contributed by atoms with Crippen LogP contribution in [0.4, 0.5) is 5.95 Å². The van der Waals surface area contributed by atoms with E-state index in [2.05, 4.69) is 34.5 Å². The van der Waals surface area contributed by atoms with Crippen molar-refractivity contribution in [1.82, 2.24) is 19.8 Å².